The summed E-state index contributed by atoms with van der Waals surface area (Å²) in [7, 11) is 0. The molecule has 0 aliphatic rings. The lowest BCUT2D eigenvalue weighted by Crippen LogP contribution is -2.36. The first-order valence-electron chi connectivity index (χ1n) is 4.83. The third-order valence-corrected chi connectivity index (χ3v) is 3.59. The second-order valence-corrected chi connectivity index (χ2v) is 8.91. The Balaban J connectivity index is 3.53. The van der Waals surface area contributed by atoms with E-state index in [4.69, 9.17) is 69.6 Å². The Morgan fingerprint density at radius 2 is 1.11 bits per heavy atom. The largest absolute Gasteiger partial charge is 0.352 e. The van der Waals surface area contributed by atoms with E-state index in [0.717, 1.165) is 0 Å². The van der Waals surface area contributed by atoms with Crippen LogP contribution >= 0.6 is 81.4 Å². The van der Waals surface area contributed by atoms with Crippen LogP contribution < -0.4 is 10.6 Å². The van der Waals surface area contributed by atoms with Gasteiger partial charge in [-0.15, -0.1) is 0 Å². The summed E-state index contributed by atoms with van der Waals surface area (Å²) in [5.74, 6) is -0.170. The van der Waals surface area contributed by atoms with Gasteiger partial charge in [0.25, 0.3) is 19.4 Å². The molecular weight excluding hydrogens is 401 g/mol. The third kappa shape index (κ3) is 10.4. The Hall–Kier alpha value is 1.03. The predicted octanol–water partition coefficient (Wildman–Crippen LogP) is 2.69. The number of carbonyl (C=O) groups excluding carboxylic acids is 2. The van der Waals surface area contributed by atoms with Crippen LogP contribution in [0, 0.1) is 0 Å². The number of rotatable bonds is 6. The van der Waals surface area contributed by atoms with Gasteiger partial charge in [0, 0.05) is 24.6 Å². The highest BCUT2D eigenvalue weighted by Crippen LogP contribution is 2.26. The number of hydrogen-bond acceptors (Lipinski definition) is 3. The minimum atomic E-state index is -1.96. The van der Waals surface area contributed by atoms with Crippen molar-refractivity contribution in [3.05, 3.63) is 0 Å². The van der Waals surface area contributed by atoms with E-state index in [0.29, 0.717) is 24.6 Å². The molecule has 0 aromatic rings. The third-order valence-electron chi connectivity index (χ3n) is 1.58. The Morgan fingerprint density at radius 1 is 0.789 bits per heavy atom. The van der Waals surface area contributed by atoms with Crippen molar-refractivity contribution in [1.29, 1.82) is 0 Å². The SMILES string of the molecule is O=C(NCCSCCNC(=O)C(Cl)(Cl)Cl)C(Cl)(Cl)Cl. The summed E-state index contributed by atoms with van der Waals surface area (Å²) in [4.78, 5) is 22.3. The molecule has 2 N–H and O–H groups in total. The van der Waals surface area contributed by atoms with Gasteiger partial charge in [0.2, 0.25) is 0 Å². The average molecular weight is 411 g/mol. The van der Waals surface area contributed by atoms with Crippen LogP contribution in [-0.4, -0.2) is 44.0 Å². The molecule has 0 heterocycles. The number of alkyl halides is 6. The maximum atomic E-state index is 11.1. The molecule has 0 atom stereocenters. The summed E-state index contributed by atoms with van der Waals surface area (Å²) < 4.78 is -3.91. The lowest BCUT2D eigenvalue weighted by molar-refractivity contribution is -0.120. The standard InChI is InChI=1S/C8H10Cl6N2O2S/c9-7(10,11)5(17)15-1-3-19-4-2-16-6(18)8(12,13)14/h1-4H2,(H,15,17)(H,16,18). The molecule has 4 nitrogen and oxygen atoms in total. The lowest BCUT2D eigenvalue weighted by Gasteiger charge is -2.12. The number of nitrogens with one attached hydrogen (secondary N) is 2. The van der Waals surface area contributed by atoms with Crippen LogP contribution in [0.25, 0.3) is 0 Å². The fourth-order valence-electron chi connectivity index (χ4n) is 0.776. The Morgan fingerprint density at radius 3 is 1.37 bits per heavy atom. The second-order valence-electron chi connectivity index (χ2n) is 3.12. The van der Waals surface area contributed by atoms with Gasteiger partial charge in [-0.3, -0.25) is 9.59 Å². The summed E-state index contributed by atoms with van der Waals surface area (Å²) in [5, 5.41) is 4.88. The van der Waals surface area contributed by atoms with Gasteiger partial charge in [-0.05, 0) is 0 Å². The minimum Gasteiger partial charge on any atom is -0.352 e. The van der Waals surface area contributed by atoms with Crippen LogP contribution in [-0.2, 0) is 9.59 Å². The number of hydrogen-bond donors (Lipinski definition) is 2. The van der Waals surface area contributed by atoms with Crippen molar-refractivity contribution in [3.63, 3.8) is 0 Å². The van der Waals surface area contributed by atoms with Crippen LogP contribution in [0.4, 0.5) is 0 Å². The fourth-order valence-corrected chi connectivity index (χ4v) is 1.87. The van der Waals surface area contributed by atoms with Crippen LogP contribution in [0.3, 0.4) is 0 Å². The van der Waals surface area contributed by atoms with Crippen molar-refractivity contribution in [2.45, 2.75) is 7.59 Å². The molecule has 112 valence electrons. The van der Waals surface area contributed by atoms with Crippen LogP contribution in [0.2, 0.25) is 0 Å². The van der Waals surface area contributed by atoms with E-state index < -0.39 is 19.4 Å². The molecule has 0 fully saturated rings. The maximum absolute atomic E-state index is 11.1. The van der Waals surface area contributed by atoms with Crippen molar-refractivity contribution in [1.82, 2.24) is 10.6 Å². The molecule has 0 aliphatic heterocycles. The highest BCUT2D eigenvalue weighted by molar-refractivity contribution is 7.99. The van der Waals surface area contributed by atoms with Gasteiger partial charge in [0.1, 0.15) is 0 Å². The van der Waals surface area contributed by atoms with E-state index in [2.05, 4.69) is 10.6 Å². The van der Waals surface area contributed by atoms with E-state index in [1.807, 2.05) is 0 Å². The Bertz CT molecular complexity index is 287. The van der Waals surface area contributed by atoms with Gasteiger partial charge in [0.15, 0.2) is 0 Å². The highest BCUT2D eigenvalue weighted by atomic mass is 35.6. The van der Waals surface area contributed by atoms with Crippen molar-refractivity contribution in [2.75, 3.05) is 24.6 Å². The predicted molar refractivity (Wildman–Crippen MR) is 83.9 cm³/mol. The van der Waals surface area contributed by atoms with Crippen molar-refractivity contribution in [3.8, 4) is 0 Å². The van der Waals surface area contributed by atoms with Gasteiger partial charge < -0.3 is 10.6 Å². The molecule has 0 saturated carbocycles. The van der Waals surface area contributed by atoms with Crippen molar-refractivity contribution < 1.29 is 9.59 Å². The summed E-state index contributed by atoms with van der Waals surface area (Å²) in [6, 6.07) is 0. The van der Waals surface area contributed by atoms with Crippen LogP contribution in [0.15, 0.2) is 0 Å². The molecule has 0 spiro atoms. The van der Waals surface area contributed by atoms with E-state index in [9.17, 15) is 9.59 Å². The number of carbonyl (C=O) groups is 2. The van der Waals surface area contributed by atoms with Crippen LogP contribution in [0.1, 0.15) is 0 Å². The quantitative estimate of drug-likeness (QED) is 0.523. The summed E-state index contributed by atoms with van der Waals surface area (Å²) in [6.45, 7) is 0.686. The first kappa shape index (κ1) is 20.0. The minimum absolute atomic E-state index is 0.343. The molecule has 0 saturated heterocycles. The maximum Gasteiger partial charge on any atom is 0.272 e. The molecule has 11 heteroatoms. The second kappa shape index (κ2) is 9.13. The smallest absolute Gasteiger partial charge is 0.272 e. The number of thioether (sulfide) groups is 1. The van der Waals surface area contributed by atoms with Gasteiger partial charge in [-0.2, -0.15) is 11.8 Å². The molecule has 0 aromatic heterocycles. The summed E-state index contributed by atoms with van der Waals surface area (Å²) >= 11 is 33.6. The zero-order valence-corrected chi connectivity index (χ0v) is 14.7. The molecule has 0 aromatic carbocycles. The fraction of sp³-hybridized carbons (Fsp3) is 0.750. The number of amides is 2. The molecular formula is C8H10Cl6N2O2S. The van der Waals surface area contributed by atoms with E-state index in [1.54, 1.807) is 0 Å². The van der Waals surface area contributed by atoms with Gasteiger partial charge in [-0.25, -0.2) is 0 Å². The molecule has 0 rings (SSSR count). The Kier molecular flexibility index (Phi) is 9.63. The van der Waals surface area contributed by atoms with E-state index in [1.165, 1.54) is 11.8 Å². The molecule has 0 aliphatic carbocycles. The van der Waals surface area contributed by atoms with Gasteiger partial charge in [0.05, 0.1) is 0 Å². The molecule has 19 heavy (non-hydrogen) atoms. The van der Waals surface area contributed by atoms with E-state index >= 15 is 0 Å². The lowest BCUT2D eigenvalue weighted by atomic mass is 10.6. The first-order valence-corrected chi connectivity index (χ1v) is 8.25. The van der Waals surface area contributed by atoms with Crippen molar-refractivity contribution in [2.24, 2.45) is 0 Å². The van der Waals surface area contributed by atoms with Crippen LogP contribution in [0.5, 0.6) is 0 Å². The molecule has 0 unspecified atom stereocenters. The van der Waals surface area contributed by atoms with Gasteiger partial charge >= 0.3 is 0 Å². The molecule has 0 radical (unpaired) electrons. The van der Waals surface area contributed by atoms with Gasteiger partial charge in [-0.1, -0.05) is 69.6 Å². The zero-order valence-electron chi connectivity index (χ0n) is 9.32. The zero-order chi connectivity index (χ0) is 15.1. The number of halogens is 6. The highest BCUT2D eigenvalue weighted by Gasteiger charge is 2.30. The van der Waals surface area contributed by atoms with Crippen molar-refractivity contribution >= 4 is 93.2 Å². The monoisotopic (exact) mass is 408 g/mol. The average Bonchev–Trinajstić information content (AvgIpc) is 2.24. The normalized spacial score (nSPS) is 12.1. The summed E-state index contributed by atoms with van der Waals surface area (Å²) in [5.41, 5.74) is 0. The summed E-state index contributed by atoms with van der Waals surface area (Å²) in [6.07, 6.45) is 0. The Labute approximate surface area is 145 Å². The molecule has 2 amide bonds. The molecule has 0 bridgehead atoms. The first-order chi connectivity index (χ1) is 8.55. The van der Waals surface area contributed by atoms with E-state index in [-0.39, 0.29) is 0 Å². The topological polar surface area (TPSA) is 58.2 Å².